The van der Waals surface area contributed by atoms with Crippen molar-refractivity contribution < 1.29 is 4.39 Å². The van der Waals surface area contributed by atoms with Crippen LogP contribution in [-0.2, 0) is 0 Å². The molecule has 0 heterocycles. The predicted octanol–water partition coefficient (Wildman–Crippen LogP) is 3.05. The number of anilines is 1. The molecule has 2 nitrogen and oxygen atoms in total. The van der Waals surface area contributed by atoms with Crippen molar-refractivity contribution in [2.75, 3.05) is 5.73 Å². The van der Waals surface area contributed by atoms with E-state index in [4.69, 9.17) is 11.0 Å². The van der Waals surface area contributed by atoms with Gasteiger partial charge in [-0.3, -0.25) is 0 Å². The number of thioether (sulfide) groups is 1. The molecule has 1 aromatic rings. The Morgan fingerprint density at radius 2 is 2.31 bits per heavy atom. The molecule has 0 aliphatic carbocycles. The summed E-state index contributed by atoms with van der Waals surface area (Å²) in [5, 5.41) is 10.2. The van der Waals surface area contributed by atoms with Gasteiger partial charge in [0, 0.05) is 0 Å². The van der Waals surface area contributed by atoms with Gasteiger partial charge in [0.05, 0.1) is 15.1 Å². The van der Waals surface area contributed by atoms with Crippen LogP contribution < -0.4 is 5.73 Å². The quantitative estimate of drug-likeness (QED) is 0.480. The maximum absolute atomic E-state index is 13.3. The molecule has 0 aliphatic heterocycles. The Bertz CT molecular complexity index is 360. The minimum atomic E-state index is -0.477. The summed E-state index contributed by atoms with van der Waals surface area (Å²) < 4.78 is 13.7. The molecule has 0 aliphatic rings. The van der Waals surface area contributed by atoms with E-state index in [0.717, 1.165) is 17.3 Å². The Labute approximate surface area is 88.0 Å². The highest BCUT2D eigenvalue weighted by Crippen LogP contribution is 2.34. The second kappa shape index (κ2) is 3.99. The topological polar surface area (TPSA) is 49.8 Å². The van der Waals surface area contributed by atoms with Crippen LogP contribution in [0.1, 0.15) is 5.56 Å². The Kier molecular flexibility index (Phi) is 3.17. The third kappa shape index (κ3) is 1.95. The fraction of sp³-hybridized carbons (Fsp3) is 0.125. The molecular weight excluding hydrogens is 255 g/mol. The fourth-order valence-electron chi connectivity index (χ4n) is 0.882. The molecule has 1 aromatic carbocycles. The normalized spacial score (nSPS) is 9.69. The van der Waals surface area contributed by atoms with E-state index >= 15 is 0 Å². The average molecular weight is 261 g/mol. The summed E-state index contributed by atoms with van der Waals surface area (Å²) in [4.78, 5) is 0.189. The van der Waals surface area contributed by atoms with Crippen molar-refractivity contribution in [3.8, 4) is 5.40 Å². The molecular formula is C8H6BrFN2S. The Balaban J connectivity index is 3.39. The van der Waals surface area contributed by atoms with Gasteiger partial charge in [0.2, 0.25) is 0 Å². The zero-order chi connectivity index (χ0) is 10.0. The maximum atomic E-state index is 13.3. The van der Waals surface area contributed by atoms with Crippen LogP contribution in [0.3, 0.4) is 0 Å². The van der Waals surface area contributed by atoms with Gasteiger partial charge in [0.15, 0.2) is 5.82 Å². The van der Waals surface area contributed by atoms with E-state index in [1.54, 1.807) is 18.4 Å². The van der Waals surface area contributed by atoms with Crippen molar-refractivity contribution in [3.05, 3.63) is 21.9 Å². The summed E-state index contributed by atoms with van der Waals surface area (Å²) in [5.74, 6) is -0.477. The Morgan fingerprint density at radius 1 is 1.69 bits per heavy atom. The number of hydrogen-bond acceptors (Lipinski definition) is 3. The van der Waals surface area contributed by atoms with Crippen LogP contribution in [0.25, 0.3) is 0 Å². The van der Waals surface area contributed by atoms with E-state index < -0.39 is 5.82 Å². The number of benzene rings is 1. The molecule has 1 rings (SSSR count). The van der Waals surface area contributed by atoms with Crippen molar-refractivity contribution >= 4 is 33.4 Å². The largest absolute Gasteiger partial charge is 0.397 e. The third-order valence-corrected chi connectivity index (χ3v) is 2.84. The number of rotatable bonds is 1. The van der Waals surface area contributed by atoms with Gasteiger partial charge in [-0.1, -0.05) is 0 Å². The molecule has 0 fully saturated rings. The summed E-state index contributed by atoms with van der Waals surface area (Å²) >= 11 is 3.78. The van der Waals surface area contributed by atoms with E-state index in [9.17, 15) is 4.39 Å². The molecule has 2 N–H and O–H groups in total. The molecule has 0 aromatic heterocycles. The second-order valence-electron chi connectivity index (χ2n) is 2.43. The molecule has 0 radical (unpaired) electrons. The lowest BCUT2D eigenvalue weighted by Gasteiger charge is -2.07. The van der Waals surface area contributed by atoms with Crippen LogP contribution in [0, 0.1) is 23.4 Å². The zero-order valence-electron chi connectivity index (χ0n) is 6.77. The van der Waals surface area contributed by atoms with Gasteiger partial charge in [0.25, 0.3) is 0 Å². The van der Waals surface area contributed by atoms with Gasteiger partial charge in [0.1, 0.15) is 5.40 Å². The van der Waals surface area contributed by atoms with Gasteiger partial charge in [-0.15, -0.1) is 0 Å². The molecule has 0 saturated heterocycles. The Morgan fingerprint density at radius 3 is 2.85 bits per heavy atom. The van der Waals surface area contributed by atoms with Crippen LogP contribution in [0.15, 0.2) is 15.4 Å². The van der Waals surface area contributed by atoms with E-state index in [0.29, 0.717) is 10.2 Å². The molecule has 13 heavy (non-hydrogen) atoms. The monoisotopic (exact) mass is 260 g/mol. The number of hydrogen-bond donors (Lipinski definition) is 1. The van der Waals surface area contributed by atoms with Gasteiger partial charge < -0.3 is 5.73 Å². The van der Waals surface area contributed by atoms with E-state index in [1.165, 1.54) is 0 Å². The molecule has 0 amide bonds. The average Bonchev–Trinajstić information content (AvgIpc) is 2.09. The molecule has 0 spiro atoms. The number of nitrogens with zero attached hydrogens (tertiary/aromatic N) is 1. The summed E-state index contributed by atoms with van der Waals surface area (Å²) in [7, 11) is 0. The van der Waals surface area contributed by atoms with Crippen LogP contribution in [0.2, 0.25) is 0 Å². The highest BCUT2D eigenvalue weighted by molar-refractivity contribution is 9.10. The summed E-state index contributed by atoms with van der Waals surface area (Å²) in [6.45, 7) is 1.76. The van der Waals surface area contributed by atoms with E-state index in [-0.39, 0.29) is 4.90 Å². The van der Waals surface area contributed by atoms with Crippen molar-refractivity contribution in [1.29, 1.82) is 5.26 Å². The van der Waals surface area contributed by atoms with Gasteiger partial charge in [-0.2, -0.15) is 5.26 Å². The van der Waals surface area contributed by atoms with Crippen molar-refractivity contribution in [3.63, 3.8) is 0 Å². The van der Waals surface area contributed by atoms with Crippen LogP contribution in [-0.4, -0.2) is 0 Å². The highest BCUT2D eigenvalue weighted by Gasteiger charge is 2.13. The van der Waals surface area contributed by atoms with Crippen LogP contribution in [0.5, 0.6) is 0 Å². The van der Waals surface area contributed by atoms with Crippen LogP contribution in [0.4, 0.5) is 10.1 Å². The molecule has 0 atom stereocenters. The van der Waals surface area contributed by atoms with Crippen molar-refractivity contribution in [2.24, 2.45) is 0 Å². The highest BCUT2D eigenvalue weighted by atomic mass is 79.9. The first-order chi connectivity index (χ1) is 6.07. The first-order valence-electron chi connectivity index (χ1n) is 3.38. The predicted molar refractivity (Wildman–Crippen MR) is 54.7 cm³/mol. The summed E-state index contributed by atoms with van der Waals surface area (Å²) in [6.07, 6.45) is 0. The number of thiocyanates is 1. The standard InChI is InChI=1S/C8H6BrFN2S/c1-4-2-5(9)6(10)8(7(4)12)13-3-11/h2H,12H2,1H3. The SMILES string of the molecule is Cc1cc(Br)c(F)c(SC#N)c1N. The first kappa shape index (κ1) is 10.4. The lowest BCUT2D eigenvalue weighted by Crippen LogP contribution is -1.96. The zero-order valence-corrected chi connectivity index (χ0v) is 9.17. The number of nitrogen functional groups attached to an aromatic ring is 1. The number of halogens is 2. The maximum Gasteiger partial charge on any atom is 0.154 e. The minimum Gasteiger partial charge on any atom is -0.397 e. The number of nitrogens with two attached hydrogens (primary N) is 1. The fourth-order valence-corrected chi connectivity index (χ4v) is 2.12. The van der Waals surface area contributed by atoms with Gasteiger partial charge in [-0.05, 0) is 46.2 Å². The lowest BCUT2D eigenvalue weighted by atomic mass is 10.2. The van der Waals surface area contributed by atoms with E-state index in [2.05, 4.69) is 15.9 Å². The van der Waals surface area contributed by atoms with Crippen molar-refractivity contribution in [2.45, 2.75) is 11.8 Å². The number of nitriles is 1. The first-order valence-corrected chi connectivity index (χ1v) is 4.99. The second-order valence-corrected chi connectivity index (χ2v) is 4.07. The molecule has 0 bridgehead atoms. The van der Waals surface area contributed by atoms with Crippen LogP contribution >= 0.6 is 27.7 Å². The van der Waals surface area contributed by atoms with Gasteiger partial charge in [-0.25, -0.2) is 4.39 Å². The minimum absolute atomic E-state index is 0.189. The summed E-state index contributed by atoms with van der Waals surface area (Å²) in [6, 6.07) is 1.59. The van der Waals surface area contributed by atoms with E-state index in [1.807, 2.05) is 0 Å². The molecule has 0 unspecified atom stereocenters. The molecule has 68 valence electrons. The Hall–Kier alpha value is -0.730. The molecule has 0 saturated carbocycles. The van der Waals surface area contributed by atoms with Crippen molar-refractivity contribution in [1.82, 2.24) is 0 Å². The smallest absolute Gasteiger partial charge is 0.154 e. The molecule has 5 heteroatoms. The van der Waals surface area contributed by atoms with Gasteiger partial charge >= 0.3 is 0 Å². The lowest BCUT2D eigenvalue weighted by molar-refractivity contribution is 0.596. The third-order valence-electron chi connectivity index (χ3n) is 1.57. The summed E-state index contributed by atoms with van der Waals surface area (Å²) in [5.41, 5.74) is 6.69. The number of aryl methyl sites for hydroxylation is 1.